The first-order valence-corrected chi connectivity index (χ1v) is 4.49. The number of nitrogens with one attached hydrogen (secondary N) is 1. The second-order valence-corrected chi connectivity index (χ2v) is 3.30. The second kappa shape index (κ2) is 3.38. The van der Waals surface area contributed by atoms with Gasteiger partial charge in [0, 0.05) is 5.69 Å². The lowest BCUT2D eigenvalue weighted by Gasteiger charge is -2.20. The van der Waals surface area contributed by atoms with Crippen molar-refractivity contribution in [1.29, 1.82) is 0 Å². The number of carbonyl (C=O) groups excluding carboxylic acids is 1. The van der Waals surface area contributed by atoms with E-state index in [9.17, 15) is 9.18 Å². The van der Waals surface area contributed by atoms with Crippen molar-refractivity contribution in [1.82, 2.24) is 5.32 Å². The summed E-state index contributed by atoms with van der Waals surface area (Å²) in [6.45, 7) is 2.24. The van der Waals surface area contributed by atoms with Crippen LogP contribution in [0, 0.1) is 5.82 Å². The van der Waals surface area contributed by atoms with Crippen molar-refractivity contribution in [2.45, 2.75) is 13.1 Å². The molecule has 3 nitrogen and oxygen atoms in total. The molecule has 1 atom stereocenters. The number of rotatable bonds is 1. The van der Waals surface area contributed by atoms with Gasteiger partial charge < -0.3 is 0 Å². The fraction of sp³-hybridized carbons (Fsp3) is 0.300. The molecule has 74 valence electrons. The van der Waals surface area contributed by atoms with Crippen LogP contribution in [0.5, 0.6) is 0 Å². The number of halogens is 1. The van der Waals surface area contributed by atoms with Crippen molar-refractivity contribution >= 4 is 11.6 Å². The summed E-state index contributed by atoms with van der Waals surface area (Å²) in [5, 5.41) is 3.02. The molecule has 1 aromatic rings. The van der Waals surface area contributed by atoms with E-state index >= 15 is 0 Å². The fourth-order valence-electron chi connectivity index (χ4n) is 1.60. The topological polar surface area (TPSA) is 32.3 Å². The fourth-order valence-corrected chi connectivity index (χ4v) is 1.60. The number of amides is 1. The van der Waals surface area contributed by atoms with Crippen LogP contribution in [0.4, 0.5) is 10.1 Å². The van der Waals surface area contributed by atoms with E-state index in [1.54, 1.807) is 17.0 Å². The van der Waals surface area contributed by atoms with Gasteiger partial charge in [-0.1, -0.05) is 0 Å². The van der Waals surface area contributed by atoms with Crippen molar-refractivity contribution < 1.29 is 9.18 Å². The summed E-state index contributed by atoms with van der Waals surface area (Å²) in [6.07, 6.45) is -0.0204. The van der Waals surface area contributed by atoms with Gasteiger partial charge in [0.25, 0.3) is 0 Å². The molecule has 0 saturated carbocycles. The van der Waals surface area contributed by atoms with E-state index < -0.39 is 0 Å². The maximum Gasteiger partial charge on any atom is 0.242 e. The highest BCUT2D eigenvalue weighted by Crippen LogP contribution is 2.19. The monoisotopic (exact) mass is 194 g/mol. The highest BCUT2D eigenvalue weighted by atomic mass is 19.1. The first kappa shape index (κ1) is 9.15. The summed E-state index contributed by atoms with van der Waals surface area (Å²) >= 11 is 0. The highest BCUT2D eigenvalue weighted by molar-refractivity contribution is 5.97. The van der Waals surface area contributed by atoms with Gasteiger partial charge in [0.1, 0.15) is 5.82 Å². The number of benzene rings is 1. The molecule has 1 unspecified atom stereocenters. The molecule has 0 aliphatic carbocycles. The molecular weight excluding hydrogens is 183 g/mol. The number of hydrogen-bond acceptors (Lipinski definition) is 2. The van der Waals surface area contributed by atoms with E-state index in [4.69, 9.17) is 0 Å². The van der Waals surface area contributed by atoms with Gasteiger partial charge in [-0.25, -0.2) is 4.39 Å². The smallest absolute Gasteiger partial charge is 0.242 e. The molecule has 1 saturated heterocycles. The van der Waals surface area contributed by atoms with Crippen LogP contribution in [0.3, 0.4) is 0 Å². The first-order chi connectivity index (χ1) is 6.68. The SMILES string of the molecule is CC1NCC(=O)N1c1ccc(F)cc1. The molecule has 1 aliphatic rings. The van der Waals surface area contributed by atoms with Gasteiger partial charge in [-0.3, -0.25) is 15.0 Å². The van der Waals surface area contributed by atoms with Crippen molar-refractivity contribution in [3.05, 3.63) is 30.1 Å². The minimum Gasteiger partial charge on any atom is -0.296 e. The van der Waals surface area contributed by atoms with E-state index in [0.717, 1.165) is 5.69 Å². The quantitative estimate of drug-likeness (QED) is 0.726. The molecule has 1 heterocycles. The number of anilines is 1. The summed E-state index contributed by atoms with van der Waals surface area (Å²) < 4.78 is 12.6. The van der Waals surface area contributed by atoms with Gasteiger partial charge in [0.05, 0.1) is 12.7 Å². The van der Waals surface area contributed by atoms with Crippen LogP contribution in [0.15, 0.2) is 24.3 Å². The van der Waals surface area contributed by atoms with Gasteiger partial charge >= 0.3 is 0 Å². The van der Waals surface area contributed by atoms with Gasteiger partial charge in [0.15, 0.2) is 0 Å². The van der Waals surface area contributed by atoms with Crippen LogP contribution >= 0.6 is 0 Å². The molecule has 2 rings (SSSR count). The molecular formula is C10H11FN2O. The average Bonchev–Trinajstić information content (AvgIpc) is 2.49. The van der Waals surface area contributed by atoms with E-state index in [1.807, 2.05) is 6.92 Å². The van der Waals surface area contributed by atoms with Crippen molar-refractivity contribution in [3.63, 3.8) is 0 Å². The van der Waals surface area contributed by atoms with Crippen molar-refractivity contribution in [2.75, 3.05) is 11.4 Å². The summed E-state index contributed by atoms with van der Waals surface area (Å²) in [5.41, 5.74) is 0.730. The maximum absolute atomic E-state index is 12.6. The molecule has 1 aromatic carbocycles. The minimum absolute atomic E-state index is 0.0177. The molecule has 0 radical (unpaired) electrons. The van der Waals surface area contributed by atoms with Crippen molar-refractivity contribution in [3.8, 4) is 0 Å². The van der Waals surface area contributed by atoms with Crippen molar-refractivity contribution in [2.24, 2.45) is 0 Å². The third kappa shape index (κ3) is 1.48. The molecule has 0 bridgehead atoms. The zero-order valence-electron chi connectivity index (χ0n) is 7.83. The summed E-state index contributed by atoms with van der Waals surface area (Å²) in [6, 6.07) is 5.93. The minimum atomic E-state index is -0.291. The largest absolute Gasteiger partial charge is 0.296 e. The molecule has 1 fully saturated rings. The van der Waals surface area contributed by atoms with Gasteiger partial charge in [-0.15, -0.1) is 0 Å². The van der Waals surface area contributed by atoms with Gasteiger partial charge in [-0.2, -0.15) is 0 Å². The lowest BCUT2D eigenvalue weighted by atomic mass is 10.2. The van der Waals surface area contributed by atoms with E-state index in [1.165, 1.54) is 12.1 Å². The Morgan fingerprint density at radius 1 is 1.43 bits per heavy atom. The molecule has 4 heteroatoms. The van der Waals surface area contributed by atoms with Crippen LogP contribution < -0.4 is 10.2 Å². The molecule has 1 aliphatic heterocycles. The summed E-state index contributed by atoms with van der Waals surface area (Å²) in [5.74, 6) is -0.273. The first-order valence-electron chi connectivity index (χ1n) is 4.49. The number of hydrogen-bond donors (Lipinski definition) is 1. The van der Waals surface area contributed by atoms with Crippen LogP contribution in [0.2, 0.25) is 0 Å². The number of carbonyl (C=O) groups is 1. The Kier molecular flexibility index (Phi) is 2.21. The Balaban J connectivity index is 2.30. The molecule has 1 N–H and O–H groups in total. The van der Waals surface area contributed by atoms with E-state index in [-0.39, 0.29) is 17.9 Å². The molecule has 0 aromatic heterocycles. The normalized spacial score (nSPS) is 21.7. The lowest BCUT2D eigenvalue weighted by molar-refractivity contribution is -0.116. The lowest BCUT2D eigenvalue weighted by Crippen LogP contribution is -2.34. The Bertz CT molecular complexity index is 350. The Morgan fingerprint density at radius 3 is 2.57 bits per heavy atom. The Hall–Kier alpha value is -1.42. The number of nitrogens with zero attached hydrogens (tertiary/aromatic N) is 1. The standard InChI is InChI=1S/C10H11FN2O/c1-7-12-6-10(14)13(7)9-4-2-8(11)3-5-9/h2-5,7,12H,6H2,1H3. The molecule has 0 spiro atoms. The van der Waals surface area contributed by atoms with Crippen LogP contribution in [0.25, 0.3) is 0 Å². The average molecular weight is 194 g/mol. The highest BCUT2D eigenvalue weighted by Gasteiger charge is 2.27. The van der Waals surface area contributed by atoms with E-state index in [0.29, 0.717) is 6.54 Å². The van der Waals surface area contributed by atoms with Crippen LogP contribution in [-0.2, 0) is 4.79 Å². The maximum atomic E-state index is 12.6. The zero-order chi connectivity index (χ0) is 10.1. The second-order valence-electron chi connectivity index (χ2n) is 3.30. The summed E-state index contributed by atoms with van der Waals surface area (Å²) in [4.78, 5) is 13.1. The zero-order valence-corrected chi connectivity index (χ0v) is 7.83. The third-order valence-electron chi connectivity index (χ3n) is 2.31. The molecule has 1 amide bonds. The van der Waals surface area contributed by atoms with Gasteiger partial charge in [0.2, 0.25) is 5.91 Å². The Labute approximate surface area is 81.5 Å². The Morgan fingerprint density at radius 2 is 2.07 bits per heavy atom. The van der Waals surface area contributed by atoms with Crippen LogP contribution in [-0.4, -0.2) is 18.6 Å². The van der Waals surface area contributed by atoms with E-state index in [2.05, 4.69) is 5.32 Å². The van der Waals surface area contributed by atoms with Crippen LogP contribution in [0.1, 0.15) is 6.92 Å². The predicted molar refractivity (Wildman–Crippen MR) is 51.4 cm³/mol. The predicted octanol–water partition coefficient (Wildman–Crippen LogP) is 1.11. The third-order valence-corrected chi connectivity index (χ3v) is 2.31. The van der Waals surface area contributed by atoms with Gasteiger partial charge in [-0.05, 0) is 31.2 Å². The summed E-state index contributed by atoms with van der Waals surface area (Å²) in [7, 11) is 0. The molecule has 14 heavy (non-hydrogen) atoms.